The molecule has 0 spiro atoms. The Kier molecular flexibility index (Phi) is 5.59. The van der Waals surface area contributed by atoms with E-state index in [1.165, 1.54) is 0 Å². The van der Waals surface area contributed by atoms with Gasteiger partial charge in [0, 0.05) is 30.6 Å². The van der Waals surface area contributed by atoms with E-state index in [0.29, 0.717) is 12.8 Å². The fourth-order valence-corrected chi connectivity index (χ4v) is 2.96. The van der Waals surface area contributed by atoms with Crippen LogP contribution in [0.4, 0.5) is 0 Å². The van der Waals surface area contributed by atoms with Crippen LogP contribution in [0.3, 0.4) is 0 Å². The van der Waals surface area contributed by atoms with Gasteiger partial charge in [-0.05, 0) is 17.5 Å². The molecule has 1 aromatic carbocycles. The molecule has 0 bridgehead atoms. The van der Waals surface area contributed by atoms with E-state index in [9.17, 15) is 9.59 Å². The highest BCUT2D eigenvalue weighted by molar-refractivity contribution is 5.92. The molecule has 124 valence electrons. The largest absolute Gasteiger partial charge is 0.350 e. The van der Waals surface area contributed by atoms with Crippen molar-refractivity contribution in [3.8, 4) is 0 Å². The van der Waals surface area contributed by atoms with Gasteiger partial charge in [-0.2, -0.15) is 0 Å². The van der Waals surface area contributed by atoms with Gasteiger partial charge in [-0.1, -0.05) is 45.4 Å². The van der Waals surface area contributed by atoms with Crippen LogP contribution in [0.2, 0.25) is 0 Å². The predicted octanol–water partition coefficient (Wildman–Crippen LogP) is 3.23. The zero-order valence-corrected chi connectivity index (χ0v) is 14.4. The van der Waals surface area contributed by atoms with E-state index >= 15 is 0 Å². The van der Waals surface area contributed by atoms with Crippen LogP contribution in [-0.2, 0) is 23.1 Å². The van der Waals surface area contributed by atoms with Crippen molar-refractivity contribution in [3.05, 3.63) is 36.0 Å². The Morgan fingerprint density at radius 2 is 1.91 bits per heavy atom. The minimum Gasteiger partial charge on any atom is -0.350 e. The molecule has 2 atom stereocenters. The highest BCUT2D eigenvalue weighted by atomic mass is 16.2. The number of Topliss-reactive ketones (excluding diaryl/α,β-unsaturated/α-hetero) is 1. The standard InChI is InChI=1S/C19H26N2O2/c1-5-13(3)19(17(22)6-2)20-18(23)11-14-12-21(4)16-10-8-7-9-15(14)16/h7-10,12-13,19H,5-6,11H2,1-4H3,(H,20,23)/t13-,19-/m0/s1. The Labute approximate surface area is 137 Å². The number of para-hydroxylation sites is 1. The summed E-state index contributed by atoms with van der Waals surface area (Å²) in [6, 6.07) is 7.66. The molecule has 1 amide bonds. The Balaban J connectivity index is 2.15. The lowest BCUT2D eigenvalue weighted by Gasteiger charge is -2.22. The number of hydrogen-bond donors (Lipinski definition) is 1. The zero-order valence-electron chi connectivity index (χ0n) is 14.4. The van der Waals surface area contributed by atoms with Crippen LogP contribution >= 0.6 is 0 Å². The quantitative estimate of drug-likeness (QED) is 0.853. The van der Waals surface area contributed by atoms with Crippen molar-refractivity contribution >= 4 is 22.6 Å². The summed E-state index contributed by atoms with van der Waals surface area (Å²) in [6.07, 6.45) is 3.60. The third kappa shape index (κ3) is 3.81. The van der Waals surface area contributed by atoms with Gasteiger partial charge in [0.1, 0.15) is 0 Å². The second-order valence-electron chi connectivity index (χ2n) is 6.21. The van der Waals surface area contributed by atoms with Crippen molar-refractivity contribution in [2.75, 3.05) is 0 Å². The minimum atomic E-state index is -0.382. The van der Waals surface area contributed by atoms with Crippen LogP contribution in [0.1, 0.15) is 39.2 Å². The number of carbonyl (C=O) groups is 2. The average Bonchev–Trinajstić information content (AvgIpc) is 2.87. The average molecular weight is 314 g/mol. The smallest absolute Gasteiger partial charge is 0.225 e. The third-order valence-corrected chi connectivity index (χ3v) is 4.56. The lowest BCUT2D eigenvalue weighted by Crippen LogP contribution is -2.45. The second kappa shape index (κ2) is 7.44. The second-order valence-corrected chi connectivity index (χ2v) is 6.21. The van der Waals surface area contributed by atoms with E-state index in [2.05, 4.69) is 5.32 Å². The van der Waals surface area contributed by atoms with Gasteiger partial charge in [-0.15, -0.1) is 0 Å². The molecule has 0 unspecified atom stereocenters. The minimum absolute atomic E-state index is 0.0894. The van der Waals surface area contributed by atoms with Gasteiger partial charge >= 0.3 is 0 Å². The van der Waals surface area contributed by atoms with Crippen LogP contribution < -0.4 is 5.32 Å². The molecule has 4 heteroatoms. The first-order valence-electron chi connectivity index (χ1n) is 8.32. The SMILES string of the molecule is CCC(=O)[C@@H](NC(=O)Cc1cn(C)c2ccccc12)[C@@H](C)CC. The van der Waals surface area contributed by atoms with Crippen molar-refractivity contribution in [1.82, 2.24) is 9.88 Å². The number of nitrogens with zero attached hydrogens (tertiary/aromatic N) is 1. The summed E-state index contributed by atoms with van der Waals surface area (Å²) in [5, 5.41) is 4.03. The number of carbonyl (C=O) groups excluding carboxylic acids is 2. The highest BCUT2D eigenvalue weighted by Crippen LogP contribution is 2.21. The van der Waals surface area contributed by atoms with Crippen LogP contribution in [0.15, 0.2) is 30.5 Å². The molecule has 1 aromatic heterocycles. The molecule has 0 radical (unpaired) electrons. The summed E-state index contributed by atoms with van der Waals surface area (Å²) >= 11 is 0. The third-order valence-electron chi connectivity index (χ3n) is 4.56. The van der Waals surface area contributed by atoms with E-state index in [4.69, 9.17) is 0 Å². The molecule has 0 saturated heterocycles. The molecular formula is C19H26N2O2. The van der Waals surface area contributed by atoms with Crippen molar-refractivity contribution in [3.63, 3.8) is 0 Å². The van der Waals surface area contributed by atoms with Crippen LogP contribution in [0.5, 0.6) is 0 Å². The van der Waals surface area contributed by atoms with Gasteiger partial charge in [0.25, 0.3) is 0 Å². The van der Waals surface area contributed by atoms with Crippen LogP contribution in [0.25, 0.3) is 10.9 Å². The normalized spacial score (nSPS) is 13.7. The van der Waals surface area contributed by atoms with Crippen molar-refractivity contribution in [1.29, 1.82) is 0 Å². The number of rotatable bonds is 7. The molecule has 0 saturated carbocycles. The summed E-state index contributed by atoms with van der Waals surface area (Å²) in [5.41, 5.74) is 2.10. The maximum Gasteiger partial charge on any atom is 0.225 e. The zero-order chi connectivity index (χ0) is 17.0. The number of nitrogens with one attached hydrogen (secondary N) is 1. The molecule has 4 nitrogen and oxygen atoms in total. The molecule has 1 heterocycles. The van der Waals surface area contributed by atoms with E-state index < -0.39 is 0 Å². The molecule has 23 heavy (non-hydrogen) atoms. The van der Waals surface area contributed by atoms with E-state index in [-0.39, 0.29) is 23.7 Å². The number of aryl methyl sites for hydroxylation is 1. The molecular weight excluding hydrogens is 288 g/mol. The number of fused-ring (bicyclic) bond motifs is 1. The maximum absolute atomic E-state index is 12.4. The van der Waals surface area contributed by atoms with Gasteiger partial charge in [-0.25, -0.2) is 0 Å². The van der Waals surface area contributed by atoms with Crippen LogP contribution in [-0.4, -0.2) is 22.3 Å². The van der Waals surface area contributed by atoms with Crippen molar-refractivity contribution in [2.45, 2.75) is 46.1 Å². The molecule has 0 aliphatic rings. The summed E-state index contributed by atoms with van der Waals surface area (Å²) in [6.45, 7) is 5.89. The summed E-state index contributed by atoms with van der Waals surface area (Å²) in [7, 11) is 1.98. The van der Waals surface area contributed by atoms with E-state index in [1.807, 2.05) is 62.8 Å². The lowest BCUT2D eigenvalue weighted by atomic mass is 9.94. The first-order valence-corrected chi connectivity index (χ1v) is 8.32. The van der Waals surface area contributed by atoms with Gasteiger partial charge < -0.3 is 9.88 Å². The molecule has 2 aromatic rings. The molecule has 0 aliphatic heterocycles. The molecule has 0 aliphatic carbocycles. The highest BCUT2D eigenvalue weighted by Gasteiger charge is 2.24. The van der Waals surface area contributed by atoms with Gasteiger partial charge in [0.2, 0.25) is 5.91 Å². The molecule has 2 rings (SSSR count). The van der Waals surface area contributed by atoms with E-state index in [1.54, 1.807) is 0 Å². The van der Waals surface area contributed by atoms with Crippen LogP contribution in [0, 0.1) is 5.92 Å². The summed E-state index contributed by atoms with van der Waals surface area (Å²) < 4.78 is 2.03. The molecule has 0 fully saturated rings. The van der Waals surface area contributed by atoms with Gasteiger partial charge in [0.05, 0.1) is 12.5 Å². The topological polar surface area (TPSA) is 51.1 Å². The van der Waals surface area contributed by atoms with Gasteiger partial charge in [-0.3, -0.25) is 9.59 Å². The molecule has 1 N–H and O–H groups in total. The van der Waals surface area contributed by atoms with Crippen molar-refractivity contribution < 1.29 is 9.59 Å². The Morgan fingerprint density at radius 3 is 2.57 bits per heavy atom. The number of ketones is 1. The predicted molar refractivity (Wildman–Crippen MR) is 93.3 cm³/mol. The van der Waals surface area contributed by atoms with E-state index in [0.717, 1.165) is 22.9 Å². The lowest BCUT2D eigenvalue weighted by molar-refractivity contribution is -0.128. The number of aromatic nitrogens is 1. The Morgan fingerprint density at radius 1 is 1.22 bits per heavy atom. The number of hydrogen-bond acceptors (Lipinski definition) is 2. The Hall–Kier alpha value is -2.10. The van der Waals surface area contributed by atoms with Gasteiger partial charge in [0.15, 0.2) is 5.78 Å². The fourth-order valence-electron chi connectivity index (χ4n) is 2.96. The number of benzene rings is 1. The fraction of sp³-hybridized carbons (Fsp3) is 0.474. The Bertz CT molecular complexity index is 702. The monoisotopic (exact) mass is 314 g/mol. The number of amides is 1. The summed E-state index contributed by atoms with van der Waals surface area (Å²) in [5.74, 6) is 0.165. The van der Waals surface area contributed by atoms with Crippen molar-refractivity contribution in [2.24, 2.45) is 13.0 Å². The summed E-state index contributed by atoms with van der Waals surface area (Å²) in [4.78, 5) is 24.5. The maximum atomic E-state index is 12.4. The first-order chi connectivity index (χ1) is 11.0. The first kappa shape index (κ1) is 17.3.